The maximum absolute atomic E-state index is 13.1. The number of amides is 1. The van der Waals surface area contributed by atoms with Crippen LogP contribution in [0.5, 0.6) is 0 Å². The molecule has 110 valence electrons. The summed E-state index contributed by atoms with van der Waals surface area (Å²) in [7, 11) is 0. The van der Waals surface area contributed by atoms with Crippen molar-refractivity contribution in [3.8, 4) is 0 Å². The molecule has 3 nitrogen and oxygen atoms in total. The lowest BCUT2D eigenvalue weighted by Gasteiger charge is -2.22. The van der Waals surface area contributed by atoms with E-state index < -0.39 is 5.60 Å². The van der Waals surface area contributed by atoms with Crippen LogP contribution in [0.2, 0.25) is 0 Å². The van der Waals surface area contributed by atoms with Gasteiger partial charge in [0.25, 0.3) is 0 Å². The van der Waals surface area contributed by atoms with Gasteiger partial charge in [-0.1, -0.05) is 12.1 Å². The Morgan fingerprint density at radius 1 is 1.55 bits per heavy atom. The molecule has 0 heterocycles. The SMILES string of the molecule is CSCC(C)(O)CNC(=O)C=C(C)c1cccc(F)c1. The molecule has 0 bridgehead atoms. The largest absolute Gasteiger partial charge is 0.387 e. The number of benzene rings is 1. The van der Waals surface area contributed by atoms with Gasteiger partial charge in [0, 0.05) is 18.4 Å². The van der Waals surface area contributed by atoms with Gasteiger partial charge in [-0.25, -0.2) is 4.39 Å². The number of hydrogen-bond donors (Lipinski definition) is 2. The van der Waals surface area contributed by atoms with Crippen molar-refractivity contribution in [3.63, 3.8) is 0 Å². The van der Waals surface area contributed by atoms with Gasteiger partial charge in [0.1, 0.15) is 5.82 Å². The number of carbonyl (C=O) groups excluding carboxylic acids is 1. The molecule has 2 N–H and O–H groups in total. The van der Waals surface area contributed by atoms with Crippen molar-refractivity contribution in [1.82, 2.24) is 5.32 Å². The van der Waals surface area contributed by atoms with Crippen LogP contribution in [0, 0.1) is 5.82 Å². The van der Waals surface area contributed by atoms with Gasteiger partial charge in [0.05, 0.1) is 5.60 Å². The topological polar surface area (TPSA) is 49.3 Å². The molecule has 0 aliphatic heterocycles. The zero-order valence-electron chi connectivity index (χ0n) is 11.9. The van der Waals surface area contributed by atoms with Gasteiger partial charge in [0.2, 0.25) is 5.91 Å². The molecule has 0 radical (unpaired) electrons. The Bertz CT molecular complexity index is 500. The second-order valence-electron chi connectivity index (χ2n) is 4.99. The average Bonchev–Trinajstić information content (AvgIpc) is 2.36. The van der Waals surface area contributed by atoms with Gasteiger partial charge in [-0.3, -0.25) is 4.79 Å². The summed E-state index contributed by atoms with van der Waals surface area (Å²) in [6.07, 6.45) is 3.30. The van der Waals surface area contributed by atoms with Crippen molar-refractivity contribution in [1.29, 1.82) is 0 Å². The van der Waals surface area contributed by atoms with E-state index in [1.54, 1.807) is 26.0 Å². The predicted molar refractivity (Wildman–Crippen MR) is 82.1 cm³/mol. The quantitative estimate of drug-likeness (QED) is 0.793. The maximum atomic E-state index is 13.1. The summed E-state index contributed by atoms with van der Waals surface area (Å²) in [5.74, 6) is -0.0911. The lowest BCUT2D eigenvalue weighted by atomic mass is 10.1. The Kier molecular flexibility index (Phi) is 6.23. The van der Waals surface area contributed by atoms with Crippen LogP contribution < -0.4 is 5.32 Å². The summed E-state index contributed by atoms with van der Waals surface area (Å²) in [6, 6.07) is 6.08. The van der Waals surface area contributed by atoms with Crippen LogP contribution in [0.4, 0.5) is 4.39 Å². The summed E-state index contributed by atoms with van der Waals surface area (Å²) in [6.45, 7) is 3.60. The molecule has 0 spiro atoms. The highest BCUT2D eigenvalue weighted by Crippen LogP contribution is 2.14. The zero-order chi connectivity index (χ0) is 15.2. The third-order valence-electron chi connectivity index (χ3n) is 2.73. The maximum Gasteiger partial charge on any atom is 0.244 e. The highest BCUT2D eigenvalue weighted by atomic mass is 32.2. The minimum atomic E-state index is -0.935. The molecule has 0 aliphatic rings. The van der Waals surface area contributed by atoms with Crippen molar-refractivity contribution in [3.05, 3.63) is 41.7 Å². The van der Waals surface area contributed by atoms with Crippen LogP contribution >= 0.6 is 11.8 Å². The normalized spacial score (nSPS) is 14.8. The first-order valence-electron chi connectivity index (χ1n) is 6.27. The van der Waals surface area contributed by atoms with Gasteiger partial charge in [-0.15, -0.1) is 0 Å². The van der Waals surface area contributed by atoms with Crippen LogP contribution in [-0.4, -0.2) is 35.2 Å². The van der Waals surface area contributed by atoms with Crippen molar-refractivity contribution < 1.29 is 14.3 Å². The molecule has 0 aliphatic carbocycles. The highest BCUT2D eigenvalue weighted by molar-refractivity contribution is 7.98. The van der Waals surface area contributed by atoms with Crippen LogP contribution in [0.15, 0.2) is 30.3 Å². The van der Waals surface area contributed by atoms with Crippen molar-refractivity contribution >= 4 is 23.2 Å². The molecular weight excluding hydrogens is 277 g/mol. The smallest absolute Gasteiger partial charge is 0.244 e. The van der Waals surface area contributed by atoms with Crippen LogP contribution in [0.3, 0.4) is 0 Å². The fraction of sp³-hybridized carbons (Fsp3) is 0.400. The minimum Gasteiger partial charge on any atom is -0.387 e. The van der Waals surface area contributed by atoms with E-state index in [9.17, 15) is 14.3 Å². The highest BCUT2D eigenvalue weighted by Gasteiger charge is 2.19. The van der Waals surface area contributed by atoms with Gasteiger partial charge in [-0.2, -0.15) is 11.8 Å². The van der Waals surface area contributed by atoms with Crippen molar-refractivity contribution in [2.24, 2.45) is 0 Å². The number of allylic oxidation sites excluding steroid dienone is 1. The third kappa shape index (κ3) is 5.75. The van der Waals surface area contributed by atoms with Crippen LogP contribution in [0.1, 0.15) is 19.4 Å². The van der Waals surface area contributed by atoms with Crippen LogP contribution in [-0.2, 0) is 4.79 Å². The number of aliphatic hydroxyl groups is 1. The van der Waals surface area contributed by atoms with Gasteiger partial charge >= 0.3 is 0 Å². The molecule has 1 amide bonds. The minimum absolute atomic E-state index is 0.180. The monoisotopic (exact) mass is 297 g/mol. The number of hydrogen-bond acceptors (Lipinski definition) is 3. The third-order valence-corrected chi connectivity index (χ3v) is 3.64. The first-order chi connectivity index (χ1) is 9.34. The van der Waals surface area contributed by atoms with Gasteiger partial charge < -0.3 is 10.4 Å². The van der Waals surface area contributed by atoms with E-state index in [0.29, 0.717) is 16.9 Å². The van der Waals surface area contributed by atoms with E-state index in [1.165, 1.54) is 30.0 Å². The molecule has 1 unspecified atom stereocenters. The number of halogens is 1. The predicted octanol–water partition coefficient (Wildman–Crippen LogP) is 2.46. The van der Waals surface area contributed by atoms with E-state index in [-0.39, 0.29) is 18.3 Å². The van der Waals surface area contributed by atoms with Crippen LogP contribution in [0.25, 0.3) is 5.57 Å². The zero-order valence-corrected chi connectivity index (χ0v) is 12.8. The number of rotatable bonds is 6. The lowest BCUT2D eigenvalue weighted by Crippen LogP contribution is -2.42. The van der Waals surface area contributed by atoms with E-state index >= 15 is 0 Å². The van der Waals surface area contributed by atoms with Crippen molar-refractivity contribution in [2.45, 2.75) is 19.4 Å². The Balaban J connectivity index is 2.63. The summed E-state index contributed by atoms with van der Waals surface area (Å²) >= 11 is 1.51. The lowest BCUT2D eigenvalue weighted by molar-refractivity contribution is -0.117. The molecule has 0 fully saturated rings. The molecule has 5 heteroatoms. The molecular formula is C15H20FNO2S. The Hall–Kier alpha value is -1.33. The molecule has 1 atom stereocenters. The summed E-state index contributed by atoms with van der Waals surface area (Å²) in [5, 5.41) is 12.6. The number of thioether (sulfide) groups is 1. The summed E-state index contributed by atoms with van der Waals surface area (Å²) < 4.78 is 13.1. The Morgan fingerprint density at radius 3 is 2.85 bits per heavy atom. The van der Waals surface area contributed by atoms with E-state index in [0.717, 1.165) is 0 Å². The number of carbonyl (C=O) groups is 1. The molecule has 1 aromatic carbocycles. The molecule has 1 aromatic rings. The number of nitrogens with one attached hydrogen (secondary N) is 1. The van der Waals surface area contributed by atoms with E-state index in [1.807, 2.05) is 6.26 Å². The second-order valence-corrected chi connectivity index (χ2v) is 5.85. The first kappa shape index (κ1) is 16.7. The Labute approximate surface area is 123 Å². The van der Waals surface area contributed by atoms with E-state index in [4.69, 9.17) is 0 Å². The van der Waals surface area contributed by atoms with E-state index in [2.05, 4.69) is 5.32 Å². The van der Waals surface area contributed by atoms with Gasteiger partial charge in [-0.05, 0) is 43.4 Å². The van der Waals surface area contributed by atoms with Crippen molar-refractivity contribution in [2.75, 3.05) is 18.6 Å². The Morgan fingerprint density at radius 2 is 2.25 bits per heavy atom. The van der Waals surface area contributed by atoms with Gasteiger partial charge in [0.15, 0.2) is 0 Å². The average molecular weight is 297 g/mol. The fourth-order valence-electron chi connectivity index (χ4n) is 1.70. The summed E-state index contributed by atoms with van der Waals surface area (Å²) in [5.41, 5.74) is 0.401. The first-order valence-corrected chi connectivity index (χ1v) is 7.67. The fourth-order valence-corrected chi connectivity index (χ4v) is 2.43. The molecule has 1 rings (SSSR count). The second kappa shape index (κ2) is 7.45. The molecule has 20 heavy (non-hydrogen) atoms. The molecule has 0 saturated carbocycles. The standard InChI is InChI=1S/C15H20FNO2S/c1-11(12-5-4-6-13(16)8-12)7-14(18)17-9-15(2,19)10-20-3/h4-8,19H,9-10H2,1-3H3,(H,17,18). The summed E-state index contributed by atoms with van der Waals surface area (Å²) in [4.78, 5) is 11.8. The molecule has 0 saturated heterocycles. The molecule has 0 aromatic heterocycles.